The summed E-state index contributed by atoms with van der Waals surface area (Å²) in [6.07, 6.45) is 0.903. The molecule has 1 amide bonds. The molecular weight excluding hydrogens is 206 g/mol. The van der Waals surface area contributed by atoms with Crippen molar-refractivity contribution in [2.24, 2.45) is 0 Å². The maximum absolute atomic E-state index is 11.8. The number of ether oxygens (including phenoxy) is 1. The van der Waals surface area contributed by atoms with Gasteiger partial charge in [0, 0.05) is 18.2 Å². The SMILES string of the molecule is C[C@@H]1CC(=C=O)CCN1C(=O)OC(C)(C)C. The van der Waals surface area contributed by atoms with Gasteiger partial charge >= 0.3 is 6.09 Å². The zero-order chi connectivity index (χ0) is 12.3. The molecule has 1 aliphatic heterocycles. The Kier molecular flexibility index (Phi) is 3.76. The van der Waals surface area contributed by atoms with Gasteiger partial charge in [0.2, 0.25) is 0 Å². The van der Waals surface area contributed by atoms with Gasteiger partial charge in [-0.25, -0.2) is 9.59 Å². The van der Waals surface area contributed by atoms with E-state index in [0.717, 1.165) is 5.57 Å². The van der Waals surface area contributed by atoms with Gasteiger partial charge in [0.25, 0.3) is 0 Å². The topological polar surface area (TPSA) is 46.6 Å². The summed E-state index contributed by atoms with van der Waals surface area (Å²) in [7, 11) is 0. The maximum atomic E-state index is 11.8. The lowest BCUT2D eigenvalue weighted by Crippen LogP contribution is -2.45. The molecule has 1 atom stereocenters. The first-order valence-corrected chi connectivity index (χ1v) is 5.56. The molecule has 0 N–H and O–H groups in total. The molecule has 0 aliphatic carbocycles. The van der Waals surface area contributed by atoms with Gasteiger partial charge in [-0.1, -0.05) is 0 Å². The summed E-state index contributed by atoms with van der Waals surface area (Å²) in [5, 5.41) is 0. The van der Waals surface area contributed by atoms with E-state index in [2.05, 4.69) is 0 Å². The van der Waals surface area contributed by atoms with Gasteiger partial charge in [-0.3, -0.25) is 0 Å². The van der Waals surface area contributed by atoms with Gasteiger partial charge in [0.05, 0.1) is 0 Å². The predicted molar refractivity (Wildman–Crippen MR) is 60.8 cm³/mol. The fraction of sp³-hybridized carbons (Fsp3) is 0.750. The second kappa shape index (κ2) is 4.71. The maximum Gasteiger partial charge on any atom is 0.410 e. The predicted octanol–water partition coefficient (Wildman–Crippen LogP) is 2.16. The summed E-state index contributed by atoms with van der Waals surface area (Å²) in [5.41, 5.74) is 0.282. The first-order chi connectivity index (χ1) is 7.33. The molecule has 90 valence electrons. The molecule has 4 heteroatoms. The summed E-state index contributed by atoms with van der Waals surface area (Å²) >= 11 is 0. The van der Waals surface area contributed by atoms with Crippen molar-refractivity contribution >= 4 is 12.0 Å². The summed E-state index contributed by atoms with van der Waals surface area (Å²) in [6.45, 7) is 7.99. The molecule has 1 rings (SSSR count). The van der Waals surface area contributed by atoms with Crippen molar-refractivity contribution in [1.82, 2.24) is 4.90 Å². The molecule has 16 heavy (non-hydrogen) atoms. The van der Waals surface area contributed by atoms with Gasteiger partial charge in [-0.05, 0) is 40.5 Å². The van der Waals surface area contributed by atoms with E-state index < -0.39 is 5.60 Å². The summed E-state index contributed by atoms with van der Waals surface area (Å²) < 4.78 is 5.30. The lowest BCUT2D eigenvalue weighted by atomic mass is 10.00. The van der Waals surface area contributed by atoms with E-state index in [1.54, 1.807) is 4.90 Å². The molecule has 1 heterocycles. The highest BCUT2D eigenvalue weighted by molar-refractivity contribution is 5.69. The average molecular weight is 225 g/mol. The van der Waals surface area contributed by atoms with E-state index in [4.69, 9.17) is 4.74 Å². The number of nitrogens with zero attached hydrogens (tertiary/aromatic N) is 1. The molecule has 0 aromatic rings. The Morgan fingerprint density at radius 3 is 2.56 bits per heavy atom. The third-order valence-electron chi connectivity index (χ3n) is 2.50. The van der Waals surface area contributed by atoms with Crippen molar-refractivity contribution < 1.29 is 14.3 Å². The summed E-state index contributed by atoms with van der Waals surface area (Å²) in [6, 6.07) is 0.0139. The second-order valence-corrected chi connectivity index (χ2v) is 5.18. The fourth-order valence-electron chi connectivity index (χ4n) is 1.73. The summed E-state index contributed by atoms with van der Waals surface area (Å²) in [5.74, 6) is 1.93. The molecule has 0 aromatic heterocycles. The summed E-state index contributed by atoms with van der Waals surface area (Å²) in [4.78, 5) is 24.0. The van der Waals surface area contributed by atoms with Crippen molar-refractivity contribution in [2.45, 2.75) is 52.2 Å². The Morgan fingerprint density at radius 1 is 1.50 bits per heavy atom. The number of piperidine rings is 1. The zero-order valence-electron chi connectivity index (χ0n) is 10.4. The molecule has 0 bridgehead atoms. The highest BCUT2D eigenvalue weighted by Gasteiger charge is 2.29. The largest absolute Gasteiger partial charge is 0.444 e. The molecule has 0 saturated carbocycles. The Labute approximate surface area is 96.3 Å². The molecule has 4 nitrogen and oxygen atoms in total. The van der Waals surface area contributed by atoms with Crippen LogP contribution < -0.4 is 0 Å². The van der Waals surface area contributed by atoms with Crippen molar-refractivity contribution in [3.8, 4) is 0 Å². The van der Waals surface area contributed by atoms with Crippen LogP contribution in [-0.2, 0) is 9.53 Å². The van der Waals surface area contributed by atoms with Crippen molar-refractivity contribution in [2.75, 3.05) is 6.54 Å². The van der Waals surface area contributed by atoms with E-state index in [1.807, 2.05) is 33.6 Å². The van der Waals surface area contributed by atoms with Crippen LogP contribution in [0.5, 0.6) is 0 Å². The Bertz CT molecular complexity index is 324. The lowest BCUT2D eigenvalue weighted by Gasteiger charge is -2.35. The van der Waals surface area contributed by atoms with E-state index in [-0.39, 0.29) is 12.1 Å². The first kappa shape index (κ1) is 12.8. The molecule has 0 unspecified atom stereocenters. The van der Waals surface area contributed by atoms with Gasteiger partial charge in [-0.15, -0.1) is 0 Å². The van der Waals surface area contributed by atoms with Gasteiger partial charge in [-0.2, -0.15) is 0 Å². The Hall–Kier alpha value is -1.28. The van der Waals surface area contributed by atoms with Gasteiger partial charge < -0.3 is 9.64 Å². The van der Waals surface area contributed by atoms with Gasteiger partial charge in [0.1, 0.15) is 11.5 Å². The van der Waals surface area contributed by atoms with Gasteiger partial charge in [0.15, 0.2) is 0 Å². The minimum Gasteiger partial charge on any atom is -0.444 e. The number of carbonyl (C=O) groups excluding carboxylic acids is 2. The van der Waals surface area contributed by atoms with Crippen molar-refractivity contribution in [3.63, 3.8) is 0 Å². The number of hydrogen-bond acceptors (Lipinski definition) is 3. The van der Waals surface area contributed by atoms with E-state index in [9.17, 15) is 9.59 Å². The van der Waals surface area contributed by atoms with Crippen LogP contribution in [0.3, 0.4) is 0 Å². The van der Waals surface area contributed by atoms with Crippen LogP contribution in [0.15, 0.2) is 5.57 Å². The number of amides is 1. The van der Waals surface area contributed by atoms with Crippen LogP contribution in [0.2, 0.25) is 0 Å². The number of carbonyl (C=O) groups is 1. The minimum atomic E-state index is -0.475. The third kappa shape index (κ3) is 3.38. The molecule has 0 spiro atoms. The third-order valence-corrected chi connectivity index (χ3v) is 2.50. The molecule has 1 fully saturated rings. The minimum absolute atomic E-state index is 0.0139. The van der Waals surface area contributed by atoms with Crippen LogP contribution in [-0.4, -0.2) is 35.1 Å². The Balaban J connectivity index is 2.62. The zero-order valence-corrected chi connectivity index (χ0v) is 10.4. The number of rotatable bonds is 0. The molecule has 1 aliphatic rings. The molecule has 0 radical (unpaired) electrons. The van der Waals surface area contributed by atoms with Crippen LogP contribution in [0.25, 0.3) is 0 Å². The van der Waals surface area contributed by atoms with Crippen molar-refractivity contribution in [1.29, 1.82) is 0 Å². The van der Waals surface area contributed by atoms with E-state index in [0.29, 0.717) is 19.4 Å². The average Bonchev–Trinajstić information content (AvgIpc) is 2.14. The first-order valence-electron chi connectivity index (χ1n) is 5.56. The Morgan fingerprint density at radius 2 is 2.12 bits per heavy atom. The smallest absolute Gasteiger partial charge is 0.410 e. The highest BCUT2D eigenvalue weighted by Crippen LogP contribution is 2.22. The van der Waals surface area contributed by atoms with Crippen LogP contribution in [0.1, 0.15) is 40.5 Å². The number of hydrogen-bond donors (Lipinski definition) is 0. The fourth-order valence-corrected chi connectivity index (χ4v) is 1.73. The normalized spacial score (nSPS) is 21.6. The quantitative estimate of drug-likeness (QED) is 0.593. The lowest BCUT2D eigenvalue weighted by molar-refractivity contribution is 0.0153. The highest BCUT2D eigenvalue weighted by atomic mass is 16.6. The van der Waals surface area contributed by atoms with Crippen LogP contribution in [0.4, 0.5) is 4.79 Å². The standard InChI is InChI=1S/C12H19NO3/c1-9-7-10(8-14)5-6-13(9)11(15)16-12(2,3)4/h9H,5-7H2,1-4H3/t9-/m1/s1. The van der Waals surface area contributed by atoms with E-state index >= 15 is 0 Å². The van der Waals surface area contributed by atoms with Crippen molar-refractivity contribution in [3.05, 3.63) is 5.57 Å². The number of likely N-dealkylation sites (tertiary alicyclic amines) is 1. The molecule has 1 saturated heterocycles. The van der Waals surface area contributed by atoms with Crippen LogP contribution >= 0.6 is 0 Å². The van der Waals surface area contributed by atoms with Crippen LogP contribution in [0, 0.1) is 0 Å². The molecule has 0 aromatic carbocycles. The van der Waals surface area contributed by atoms with E-state index in [1.165, 1.54) is 0 Å². The second-order valence-electron chi connectivity index (χ2n) is 5.18. The molecular formula is C12H19NO3. The monoisotopic (exact) mass is 225 g/mol.